The molecule has 174 valence electrons. The maximum atomic E-state index is 14.0. The van der Waals surface area contributed by atoms with Gasteiger partial charge in [-0.15, -0.1) is 0 Å². The van der Waals surface area contributed by atoms with E-state index in [0.29, 0.717) is 5.11 Å². The fourth-order valence-corrected chi connectivity index (χ4v) is 5.87. The van der Waals surface area contributed by atoms with Crippen LogP contribution in [0.1, 0.15) is 35.2 Å². The fourth-order valence-electron chi connectivity index (χ4n) is 5.07. The monoisotopic (exact) mass is 535 g/mol. The zero-order valence-electron chi connectivity index (χ0n) is 19.5. The van der Waals surface area contributed by atoms with Crippen LogP contribution in [0.25, 0.3) is 0 Å². The normalized spacial score (nSPS) is 23.0. The first-order valence-electron chi connectivity index (χ1n) is 11.2. The molecule has 0 radical (unpaired) electrons. The van der Waals surface area contributed by atoms with Gasteiger partial charge in [0.1, 0.15) is 11.7 Å². The van der Waals surface area contributed by atoms with E-state index >= 15 is 0 Å². The van der Waals surface area contributed by atoms with E-state index in [-0.39, 0.29) is 11.9 Å². The van der Waals surface area contributed by atoms with Crippen LogP contribution in [0.3, 0.4) is 0 Å². The Hall–Kier alpha value is -2.90. The molecule has 2 aliphatic rings. The predicted octanol–water partition coefficient (Wildman–Crippen LogP) is 6.17. The molecule has 5 rings (SSSR count). The summed E-state index contributed by atoms with van der Waals surface area (Å²) in [6, 6.07) is 19.6. The second-order valence-corrected chi connectivity index (χ2v) is 10.5. The standard InChI is InChI=1S/C27H26BrN3O2S/c1-15-6-5-7-19(13-15)31-26(34)30-24-20-14-18(28)9-11-22(20)33-27(31,4)23(24)25(32)29-21-10-8-16(2)12-17(21)3/h5-14,23-24H,1-4H3,(H,29,32)(H,30,34)/t23-,24+,27+/m0/s1. The number of carbonyl (C=O) groups is 1. The highest BCUT2D eigenvalue weighted by Gasteiger charge is 2.59. The van der Waals surface area contributed by atoms with Crippen LogP contribution in [0.2, 0.25) is 0 Å². The summed E-state index contributed by atoms with van der Waals surface area (Å²) in [4.78, 5) is 15.9. The molecular formula is C27H26BrN3O2S. The van der Waals surface area contributed by atoms with E-state index < -0.39 is 11.6 Å². The van der Waals surface area contributed by atoms with Crippen LogP contribution < -0.4 is 20.3 Å². The van der Waals surface area contributed by atoms with Gasteiger partial charge in [-0.3, -0.25) is 9.69 Å². The van der Waals surface area contributed by atoms with Gasteiger partial charge < -0.3 is 15.4 Å². The maximum absolute atomic E-state index is 14.0. The number of nitrogens with zero attached hydrogens (tertiary/aromatic N) is 1. The Balaban J connectivity index is 1.63. The molecule has 0 spiro atoms. The van der Waals surface area contributed by atoms with Gasteiger partial charge in [-0.1, -0.05) is 45.8 Å². The van der Waals surface area contributed by atoms with Crippen molar-refractivity contribution in [1.82, 2.24) is 5.32 Å². The summed E-state index contributed by atoms with van der Waals surface area (Å²) in [6.07, 6.45) is 0. The van der Waals surface area contributed by atoms with E-state index in [4.69, 9.17) is 17.0 Å². The van der Waals surface area contributed by atoms with Crippen molar-refractivity contribution in [2.45, 2.75) is 39.5 Å². The molecular weight excluding hydrogens is 510 g/mol. The molecule has 1 fully saturated rings. The Bertz CT molecular complexity index is 1330. The van der Waals surface area contributed by atoms with Crippen LogP contribution in [0.15, 0.2) is 65.1 Å². The number of anilines is 2. The number of fused-ring (bicyclic) bond motifs is 4. The van der Waals surface area contributed by atoms with Crippen LogP contribution >= 0.6 is 28.1 Å². The Morgan fingerprint density at radius 1 is 1.09 bits per heavy atom. The lowest BCUT2D eigenvalue weighted by atomic mass is 9.78. The predicted molar refractivity (Wildman–Crippen MR) is 143 cm³/mol. The zero-order chi connectivity index (χ0) is 24.2. The van der Waals surface area contributed by atoms with E-state index in [0.717, 1.165) is 43.9 Å². The molecule has 0 saturated carbocycles. The molecule has 2 N–H and O–H groups in total. The van der Waals surface area contributed by atoms with Crippen molar-refractivity contribution in [1.29, 1.82) is 0 Å². The third-order valence-corrected chi connectivity index (χ3v) is 7.44. The number of amides is 1. The topological polar surface area (TPSA) is 53.6 Å². The Morgan fingerprint density at radius 3 is 2.59 bits per heavy atom. The van der Waals surface area contributed by atoms with E-state index in [1.54, 1.807) is 0 Å². The van der Waals surface area contributed by atoms with Gasteiger partial charge in [0.15, 0.2) is 10.8 Å². The number of rotatable bonds is 3. The smallest absolute Gasteiger partial charge is 0.236 e. The van der Waals surface area contributed by atoms with Gasteiger partial charge in [-0.05, 0) is 87.4 Å². The second kappa shape index (κ2) is 8.40. The maximum Gasteiger partial charge on any atom is 0.236 e. The van der Waals surface area contributed by atoms with Crippen LogP contribution in [0.5, 0.6) is 5.75 Å². The van der Waals surface area contributed by atoms with Gasteiger partial charge in [-0.2, -0.15) is 0 Å². The first kappa shape index (κ1) is 22.9. The number of aryl methyl sites for hydroxylation is 3. The van der Waals surface area contributed by atoms with Crippen LogP contribution in [0.4, 0.5) is 11.4 Å². The summed E-state index contributed by atoms with van der Waals surface area (Å²) in [5, 5.41) is 7.15. The number of benzene rings is 3. The van der Waals surface area contributed by atoms with Crippen molar-refractivity contribution in [3.8, 4) is 5.75 Å². The first-order chi connectivity index (χ1) is 16.2. The van der Waals surface area contributed by atoms with Gasteiger partial charge >= 0.3 is 0 Å². The van der Waals surface area contributed by atoms with Gasteiger partial charge in [0.25, 0.3) is 0 Å². The highest BCUT2D eigenvalue weighted by atomic mass is 79.9. The lowest BCUT2D eigenvalue weighted by Gasteiger charge is -2.56. The molecule has 0 aromatic heterocycles. The van der Waals surface area contributed by atoms with Crippen LogP contribution in [-0.2, 0) is 4.79 Å². The summed E-state index contributed by atoms with van der Waals surface area (Å²) >= 11 is 9.40. The Morgan fingerprint density at radius 2 is 1.85 bits per heavy atom. The fraction of sp³-hybridized carbons (Fsp3) is 0.259. The molecule has 2 heterocycles. The molecule has 1 saturated heterocycles. The molecule has 1 amide bonds. The van der Waals surface area contributed by atoms with Crippen molar-refractivity contribution in [3.63, 3.8) is 0 Å². The third-order valence-electron chi connectivity index (χ3n) is 6.64. The zero-order valence-corrected chi connectivity index (χ0v) is 21.9. The van der Waals surface area contributed by atoms with Crippen molar-refractivity contribution in [2.75, 3.05) is 10.2 Å². The summed E-state index contributed by atoms with van der Waals surface area (Å²) in [7, 11) is 0. The SMILES string of the molecule is Cc1cccc(N2C(=S)N[C@@H]3c4cc(Br)ccc4O[C@]2(C)[C@@H]3C(=O)Nc2ccc(C)cc2C)c1. The van der Waals surface area contributed by atoms with Crippen molar-refractivity contribution >= 4 is 50.5 Å². The number of thiocarbonyl (C=S) groups is 1. The summed E-state index contributed by atoms with van der Waals surface area (Å²) in [5.74, 6) is 0.0267. The summed E-state index contributed by atoms with van der Waals surface area (Å²) in [6.45, 7) is 8.03. The minimum Gasteiger partial charge on any atom is -0.467 e. The van der Waals surface area contributed by atoms with E-state index in [9.17, 15) is 4.79 Å². The van der Waals surface area contributed by atoms with Gasteiger partial charge in [0, 0.05) is 21.4 Å². The number of halogens is 1. The molecule has 3 atom stereocenters. The summed E-state index contributed by atoms with van der Waals surface area (Å²) in [5.41, 5.74) is 4.80. The minimum absolute atomic E-state index is 0.127. The number of hydrogen-bond acceptors (Lipinski definition) is 3. The highest BCUT2D eigenvalue weighted by Crippen LogP contribution is 2.50. The molecule has 0 aliphatic carbocycles. The molecule has 3 aromatic carbocycles. The third kappa shape index (κ3) is 3.77. The second-order valence-electron chi connectivity index (χ2n) is 9.23. The molecule has 2 aliphatic heterocycles. The number of ether oxygens (including phenoxy) is 1. The number of hydrogen-bond donors (Lipinski definition) is 2. The number of nitrogens with one attached hydrogen (secondary N) is 2. The van der Waals surface area contributed by atoms with Crippen LogP contribution in [0, 0.1) is 26.7 Å². The Labute approximate surface area is 213 Å². The lowest BCUT2D eigenvalue weighted by Crippen LogP contribution is -2.72. The van der Waals surface area contributed by atoms with Crippen molar-refractivity contribution in [2.24, 2.45) is 5.92 Å². The van der Waals surface area contributed by atoms with Gasteiger partial charge in [-0.25, -0.2) is 0 Å². The minimum atomic E-state index is -1.04. The average molecular weight is 536 g/mol. The largest absolute Gasteiger partial charge is 0.467 e. The van der Waals surface area contributed by atoms with E-state index in [2.05, 4.69) is 38.7 Å². The molecule has 3 aromatic rings. The van der Waals surface area contributed by atoms with Gasteiger partial charge in [0.2, 0.25) is 5.91 Å². The first-order valence-corrected chi connectivity index (χ1v) is 12.4. The van der Waals surface area contributed by atoms with E-state index in [1.807, 2.05) is 81.1 Å². The van der Waals surface area contributed by atoms with Gasteiger partial charge in [0.05, 0.1) is 6.04 Å². The molecule has 34 heavy (non-hydrogen) atoms. The molecule has 7 heteroatoms. The quantitative estimate of drug-likeness (QED) is 0.392. The highest BCUT2D eigenvalue weighted by molar-refractivity contribution is 9.10. The Kier molecular flexibility index (Phi) is 5.65. The molecule has 0 unspecified atom stereocenters. The van der Waals surface area contributed by atoms with E-state index in [1.165, 1.54) is 0 Å². The molecule has 5 nitrogen and oxygen atoms in total. The van der Waals surface area contributed by atoms with Crippen molar-refractivity contribution < 1.29 is 9.53 Å². The lowest BCUT2D eigenvalue weighted by molar-refractivity contribution is -0.130. The number of carbonyl (C=O) groups excluding carboxylic acids is 1. The molecule has 2 bridgehead atoms. The van der Waals surface area contributed by atoms with Crippen LogP contribution in [-0.4, -0.2) is 16.7 Å². The summed E-state index contributed by atoms with van der Waals surface area (Å²) < 4.78 is 7.58. The average Bonchev–Trinajstić information content (AvgIpc) is 2.76. The van der Waals surface area contributed by atoms with Crippen molar-refractivity contribution in [3.05, 3.63) is 87.4 Å².